The van der Waals surface area contributed by atoms with Gasteiger partial charge in [0.25, 0.3) is 5.91 Å². The minimum absolute atomic E-state index is 0.000463. The molecule has 17 heavy (non-hydrogen) atoms. The lowest BCUT2D eigenvalue weighted by Gasteiger charge is -2.09. The molecule has 0 radical (unpaired) electrons. The van der Waals surface area contributed by atoms with Gasteiger partial charge in [-0.2, -0.15) is 0 Å². The van der Waals surface area contributed by atoms with Crippen LogP contribution >= 0.6 is 0 Å². The van der Waals surface area contributed by atoms with Crippen molar-refractivity contribution in [2.24, 2.45) is 23.7 Å². The minimum atomic E-state index is 0.000463. The first kappa shape index (κ1) is 9.57. The molecular formula is C13H17N3O. The van der Waals surface area contributed by atoms with Crippen LogP contribution in [0.25, 0.3) is 0 Å². The third-order valence-corrected chi connectivity index (χ3v) is 4.98. The van der Waals surface area contributed by atoms with E-state index in [1.165, 1.54) is 19.3 Å². The number of anilines is 1. The molecule has 4 atom stereocenters. The maximum absolute atomic E-state index is 12.0. The molecule has 4 nitrogen and oxygen atoms in total. The summed E-state index contributed by atoms with van der Waals surface area (Å²) in [6, 6.07) is 2.14. The number of carbonyl (C=O) groups is 1. The zero-order chi connectivity index (χ0) is 11.6. The number of aromatic nitrogens is 1. The van der Waals surface area contributed by atoms with E-state index in [1.54, 1.807) is 12.3 Å². The molecule has 3 fully saturated rings. The summed E-state index contributed by atoms with van der Waals surface area (Å²) in [7, 11) is 0. The number of nitrogens with one attached hydrogen (secondary N) is 2. The van der Waals surface area contributed by atoms with Crippen molar-refractivity contribution in [3.63, 3.8) is 0 Å². The van der Waals surface area contributed by atoms with E-state index in [1.807, 2.05) is 0 Å². The van der Waals surface area contributed by atoms with Gasteiger partial charge in [-0.3, -0.25) is 4.79 Å². The molecule has 3 aliphatic rings. The quantitative estimate of drug-likeness (QED) is 0.719. The van der Waals surface area contributed by atoms with Crippen molar-refractivity contribution < 1.29 is 4.79 Å². The van der Waals surface area contributed by atoms with Crippen LogP contribution in [0.5, 0.6) is 0 Å². The molecule has 3 saturated carbocycles. The number of fused-ring (bicyclic) bond motifs is 5. The second kappa shape index (κ2) is 3.06. The Morgan fingerprint density at radius 3 is 2.65 bits per heavy atom. The molecule has 0 spiro atoms. The van der Waals surface area contributed by atoms with Crippen molar-refractivity contribution in [1.29, 1.82) is 0 Å². The molecule has 1 aromatic heterocycles. The third-order valence-electron chi connectivity index (χ3n) is 4.98. The Bertz CT molecular complexity index is 465. The molecule has 4 heteroatoms. The second-order valence-electron chi connectivity index (χ2n) is 5.83. The highest BCUT2D eigenvalue weighted by molar-refractivity contribution is 5.93. The Balaban J connectivity index is 1.45. The molecule has 90 valence electrons. The predicted octanol–water partition coefficient (Wildman–Crippen LogP) is 1.37. The van der Waals surface area contributed by atoms with Crippen LogP contribution in [0.3, 0.4) is 0 Å². The summed E-state index contributed by atoms with van der Waals surface area (Å²) in [4.78, 5) is 14.9. The maximum atomic E-state index is 12.0. The van der Waals surface area contributed by atoms with Gasteiger partial charge >= 0.3 is 0 Å². The third kappa shape index (κ3) is 1.27. The number of rotatable bonds is 2. The van der Waals surface area contributed by atoms with E-state index in [-0.39, 0.29) is 5.91 Å². The van der Waals surface area contributed by atoms with Crippen molar-refractivity contribution in [1.82, 2.24) is 10.3 Å². The van der Waals surface area contributed by atoms with Gasteiger partial charge in [-0.05, 0) is 49.0 Å². The summed E-state index contributed by atoms with van der Waals surface area (Å²) in [6.45, 7) is 0. The largest absolute Gasteiger partial charge is 0.397 e. The molecule has 4 unspecified atom stereocenters. The number of hydrogen-bond acceptors (Lipinski definition) is 2. The molecule has 2 bridgehead atoms. The summed E-state index contributed by atoms with van der Waals surface area (Å²) in [5.74, 6) is 3.35. The van der Waals surface area contributed by atoms with Gasteiger partial charge in [0, 0.05) is 17.9 Å². The highest BCUT2D eigenvalue weighted by Crippen LogP contribution is 2.65. The fourth-order valence-corrected chi connectivity index (χ4v) is 4.29. The standard InChI is InChI=1S/C13H17N3O/c14-8-4-9(15-5-8)13(17)16-12-10-6-1-2-7(3-6)11(10)12/h4-7,10-12,15H,1-3,14H2,(H,16,17). The molecule has 0 saturated heterocycles. The van der Waals surface area contributed by atoms with Crippen molar-refractivity contribution >= 4 is 11.6 Å². The van der Waals surface area contributed by atoms with Crippen LogP contribution in [-0.2, 0) is 0 Å². The number of carbonyl (C=O) groups excluding carboxylic acids is 1. The molecule has 4 rings (SSSR count). The molecule has 1 heterocycles. The van der Waals surface area contributed by atoms with E-state index in [0.29, 0.717) is 17.4 Å². The highest BCUT2D eigenvalue weighted by atomic mass is 16.2. The molecule has 3 aliphatic carbocycles. The van der Waals surface area contributed by atoms with E-state index in [0.717, 1.165) is 23.7 Å². The monoisotopic (exact) mass is 231 g/mol. The van der Waals surface area contributed by atoms with Gasteiger partial charge in [0.1, 0.15) is 5.69 Å². The van der Waals surface area contributed by atoms with E-state index in [4.69, 9.17) is 5.73 Å². The van der Waals surface area contributed by atoms with Crippen LogP contribution in [-0.4, -0.2) is 16.9 Å². The van der Waals surface area contributed by atoms with Crippen molar-refractivity contribution in [2.75, 3.05) is 5.73 Å². The summed E-state index contributed by atoms with van der Waals surface area (Å²) in [5.41, 5.74) is 6.80. The van der Waals surface area contributed by atoms with E-state index in [2.05, 4.69) is 10.3 Å². The minimum Gasteiger partial charge on any atom is -0.397 e. The van der Waals surface area contributed by atoms with Crippen LogP contribution in [0.1, 0.15) is 29.8 Å². The molecule has 1 amide bonds. The zero-order valence-electron chi connectivity index (χ0n) is 9.65. The smallest absolute Gasteiger partial charge is 0.268 e. The predicted molar refractivity (Wildman–Crippen MR) is 64.3 cm³/mol. The SMILES string of the molecule is Nc1c[nH]c(C(=O)NC2C3C4CCC(C4)C23)c1. The van der Waals surface area contributed by atoms with Gasteiger partial charge in [-0.25, -0.2) is 0 Å². The van der Waals surface area contributed by atoms with Crippen LogP contribution in [0.4, 0.5) is 5.69 Å². The lowest BCUT2D eigenvalue weighted by molar-refractivity contribution is 0.0940. The van der Waals surface area contributed by atoms with Crippen LogP contribution in [0, 0.1) is 23.7 Å². The Morgan fingerprint density at radius 1 is 1.35 bits per heavy atom. The maximum Gasteiger partial charge on any atom is 0.268 e. The highest BCUT2D eigenvalue weighted by Gasteiger charge is 2.65. The molecule has 0 aliphatic heterocycles. The number of hydrogen-bond donors (Lipinski definition) is 3. The van der Waals surface area contributed by atoms with Gasteiger partial charge in [0.2, 0.25) is 0 Å². The van der Waals surface area contributed by atoms with Gasteiger partial charge in [-0.15, -0.1) is 0 Å². The van der Waals surface area contributed by atoms with Gasteiger partial charge in [0.05, 0.1) is 0 Å². The normalized spacial score (nSPS) is 41.3. The zero-order valence-corrected chi connectivity index (χ0v) is 9.65. The number of amides is 1. The fraction of sp³-hybridized carbons (Fsp3) is 0.615. The van der Waals surface area contributed by atoms with E-state index < -0.39 is 0 Å². The summed E-state index contributed by atoms with van der Waals surface area (Å²) >= 11 is 0. The van der Waals surface area contributed by atoms with Crippen LogP contribution < -0.4 is 11.1 Å². The summed E-state index contributed by atoms with van der Waals surface area (Å²) in [6.07, 6.45) is 5.84. The van der Waals surface area contributed by atoms with Crippen molar-refractivity contribution in [3.8, 4) is 0 Å². The average Bonchev–Trinajstić information content (AvgIpc) is 2.77. The first-order chi connectivity index (χ1) is 8.24. The Morgan fingerprint density at radius 2 is 2.06 bits per heavy atom. The Kier molecular flexibility index (Phi) is 1.72. The number of nitrogens with two attached hydrogens (primary N) is 1. The van der Waals surface area contributed by atoms with Gasteiger partial charge < -0.3 is 16.0 Å². The van der Waals surface area contributed by atoms with Crippen molar-refractivity contribution in [2.45, 2.75) is 25.3 Å². The Labute approximate surface area is 100.0 Å². The first-order valence-electron chi connectivity index (χ1n) is 6.49. The lowest BCUT2D eigenvalue weighted by atomic mass is 10.0. The van der Waals surface area contributed by atoms with E-state index >= 15 is 0 Å². The van der Waals surface area contributed by atoms with Crippen LogP contribution in [0.15, 0.2) is 12.3 Å². The molecule has 4 N–H and O–H groups in total. The topological polar surface area (TPSA) is 70.9 Å². The van der Waals surface area contributed by atoms with Crippen molar-refractivity contribution in [3.05, 3.63) is 18.0 Å². The number of H-pyrrole nitrogens is 1. The van der Waals surface area contributed by atoms with Gasteiger partial charge in [-0.1, -0.05) is 0 Å². The first-order valence-corrected chi connectivity index (χ1v) is 6.49. The molecule has 0 aromatic carbocycles. The van der Waals surface area contributed by atoms with E-state index in [9.17, 15) is 4.79 Å². The fourth-order valence-electron chi connectivity index (χ4n) is 4.29. The molecular weight excluding hydrogens is 214 g/mol. The van der Waals surface area contributed by atoms with Gasteiger partial charge in [0.15, 0.2) is 0 Å². The lowest BCUT2D eigenvalue weighted by Crippen LogP contribution is -2.30. The van der Waals surface area contributed by atoms with Crippen LogP contribution in [0.2, 0.25) is 0 Å². The number of aromatic amines is 1. The summed E-state index contributed by atoms with van der Waals surface area (Å²) in [5, 5.41) is 3.16. The average molecular weight is 231 g/mol. The second-order valence-corrected chi connectivity index (χ2v) is 5.83. The number of nitrogen functional groups attached to an aromatic ring is 1. The Hall–Kier alpha value is -1.45. The summed E-state index contributed by atoms with van der Waals surface area (Å²) < 4.78 is 0. The molecule has 1 aromatic rings.